The summed E-state index contributed by atoms with van der Waals surface area (Å²) in [7, 11) is 0. The molecule has 2 amide bonds. The fourth-order valence-electron chi connectivity index (χ4n) is 0.938. The third kappa shape index (κ3) is 2.42. The predicted octanol–water partition coefficient (Wildman–Crippen LogP) is -0.439. The molecule has 0 unspecified atom stereocenters. The number of amides is 2. The van der Waals surface area contributed by atoms with Gasteiger partial charge in [-0.1, -0.05) is 5.92 Å². The van der Waals surface area contributed by atoms with Crippen molar-refractivity contribution in [2.45, 2.75) is 0 Å². The van der Waals surface area contributed by atoms with Crippen LogP contribution in [0.1, 0.15) is 0 Å². The van der Waals surface area contributed by atoms with Gasteiger partial charge in [0.2, 0.25) is 0 Å². The second kappa shape index (κ2) is 4.43. The molecule has 0 N–H and O–H groups in total. The summed E-state index contributed by atoms with van der Waals surface area (Å²) in [5, 5.41) is 0. The van der Waals surface area contributed by atoms with Crippen molar-refractivity contribution in [3.8, 4) is 12.3 Å². The molecular formula is C9H9NO3. The Balaban J connectivity index is 2.26. The van der Waals surface area contributed by atoms with Crippen molar-refractivity contribution in [1.29, 1.82) is 0 Å². The SMILES string of the molecule is C#CCOCCN1C(=O)C=CC1=O. The molecule has 0 aromatic carbocycles. The molecule has 0 spiro atoms. The van der Waals surface area contributed by atoms with Gasteiger partial charge in [-0.3, -0.25) is 14.5 Å². The molecule has 0 aromatic heterocycles. The highest BCUT2D eigenvalue weighted by molar-refractivity contribution is 6.12. The Morgan fingerprint density at radius 1 is 1.38 bits per heavy atom. The molecule has 1 aliphatic rings. The van der Waals surface area contributed by atoms with Crippen molar-refractivity contribution in [3.05, 3.63) is 12.2 Å². The van der Waals surface area contributed by atoms with Crippen LogP contribution in [0.4, 0.5) is 0 Å². The lowest BCUT2D eigenvalue weighted by Crippen LogP contribution is -2.33. The van der Waals surface area contributed by atoms with E-state index in [1.165, 1.54) is 12.2 Å². The normalized spacial score (nSPS) is 15.2. The Hall–Kier alpha value is -1.60. The highest BCUT2D eigenvalue weighted by Crippen LogP contribution is 2.02. The van der Waals surface area contributed by atoms with Crippen LogP contribution >= 0.6 is 0 Å². The number of imide groups is 1. The molecule has 1 heterocycles. The minimum absolute atomic E-state index is 0.198. The van der Waals surface area contributed by atoms with Crippen LogP contribution in [0, 0.1) is 12.3 Å². The zero-order valence-corrected chi connectivity index (χ0v) is 7.03. The first kappa shape index (κ1) is 9.49. The van der Waals surface area contributed by atoms with Gasteiger partial charge < -0.3 is 4.74 Å². The van der Waals surface area contributed by atoms with Crippen molar-refractivity contribution < 1.29 is 14.3 Å². The van der Waals surface area contributed by atoms with Gasteiger partial charge in [-0.15, -0.1) is 6.42 Å². The van der Waals surface area contributed by atoms with E-state index < -0.39 is 0 Å². The number of carbonyl (C=O) groups excluding carboxylic acids is 2. The molecule has 0 fully saturated rings. The van der Waals surface area contributed by atoms with Crippen molar-refractivity contribution in [2.24, 2.45) is 0 Å². The lowest BCUT2D eigenvalue weighted by molar-refractivity contribution is -0.137. The maximum Gasteiger partial charge on any atom is 0.253 e. The largest absolute Gasteiger partial charge is 0.367 e. The first-order valence-corrected chi connectivity index (χ1v) is 3.80. The molecule has 0 aliphatic carbocycles. The van der Waals surface area contributed by atoms with E-state index in [2.05, 4.69) is 5.92 Å². The fourth-order valence-corrected chi connectivity index (χ4v) is 0.938. The molecule has 68 valence electrons. The van der Waals surface area contributed by atoms with Crippen LogP contribution in [0.2, 0.25) is 0 Å². The van der Waals surface area contributed by atoms with Crippen molar-refractivity contribution >= 4 is 11.8 Å². The Kier molecular flexibility index (Phi) is 3.23. The van der Waals surface area contributed by atoms with E-state index in [9.17, 15) is 9.59 Å². The van der Waals surface area contributed by atoms with Gasteiger partial charge in [0.25, 0.3) is 11.8 Å². The second-order valence-corrected chi connectivity index (χ2v) is 2.42. The average molecular weight is 179 g/mol. The molecule has 4 nitrogen and oxygen atoms in total. The lowest BCUT2D eigenvalue weighted by Gasteiger charge is -2.12. The molecule has 4 heteroatoms. The second-order valence-electron chi connectivity index (χ2n) is 2.42. The van der Waals surface area contributed by atoms with E-state index in [1.807, 2.05) is 0 Å². The lowest BCUT2D eigenvalue weighted by atomic mass is 10.5. The maximum absolute atomic E-state index is 11.0. The first-order chi connectivity index (χ1) is 6.25. The molecule has 0 saturated carbocycles. The zero-order valence-electron chi connectivity index (χ0n) is 7.03. The van der Waals surface area contributed by atoms with Gasteiger partial charge in [-0.05, 0) is 0 Å². The van der Waals surface area contributed by atoms with E-state index in [1.54, 1.807) is 0 Å². The Morgan fingerprint density at radius 3 is 2.54 bits per heavy atom. The van der Waals surface area contributed by atoms with Crippen molar-refractivity contribution in [3.63, 3.8) is 0 Å². The number of nitrogens with zero attached hydrogens (tertiary/aromatic N) is 1. The summed E-state index contributed by atoms with van der Waals surface area (Å²) in [6, 6.07) is 0. The standard InChI is InChI=1S/C9H9NO3/c1-2-6-13-7-5-10-8(11)3-4-9(10)12/h1,3-4H,5-7H2. The summed E-state index contributed by atoms with van der Waals surface area (Å²) in [6.07, 6.45) is 7.42. The van der Waals surface area contributed by atoms with Crippen molar-refractivity contribution in [2.75, 3.05) is 19.8 Å². The molecule has 0 radical (unpaired) electrons. The Morgan fingerprint density at radius 2 is 2.00 bits per heavy atom. The summed E-state index contributed by atoms with van der Waals surface area (Å²) >= 11 is 0. The molecular weight excluding hydrogens is 170 g/mol. The Bertz CT molecular complexity index is 270. The molecule has 0 aromatic rings. The third-order valence-corrected chi connectivity index (χ3v) is 1.55. The third-order valence-electron chi connectivity index (χ3n) is 1.55. The minimum Gasteiger partial charge on any atom is -0.367 e. The topological polar surface area (TPSA) is 46.6 Å². The van der Waals surface area contributed by atoms with Gasteiger partial charge in [-0.25, -0.2) is 0 Å². The number of hydrogen-bond acceptors (Lipinski definition) is 3. The summed E-state index contributed by atoms with van der Waals surface area (Å²) in [6.45, 7) is 0.735. The van der Waals surface area contributed by atoms with Crippen molar-refractivity contribution in [1.82, 2.24) is 4.90 Å². The number of terminal acetylenes is 1. The first-order valence-electron chi connectivity index (χ1n) is 3.80. The van der Waals surface area contributed by atoms with Crippen LogP contribution < -0.4 is 0 Å². The van der Waals surface area contributed by atoms with Gasteiger partial charge in [0.15, 0.2) is 0 Å². The molecule has 1 rings (SSSR count). The number of carbonyl (C=O) groups is 2. The van der Waals surface area contributed by atoms with Gasteiger partial charge in [0.1, 0.15) is 6.61 Å². The highest BCUT2D eigenvalue weighted by Gasteiger charge is 2.22. The quantitative estimate of drug-likeness (QED) is 0.334. The molecule has 1 aliphatic heterocycles. The van der Waals surface area contributed by atoms with Gasteiger partial charge >= 0.3 is 0 Å². The molecule has 0 bridgehead atoms. The summed E-state index contributed by atoms with van der Waals surface area (Å²) in [4.78, 5) is 23.0. The van der Waals surface area contributed by atoms with Crippen LogP contribution in [0.5, 0.6) is 0 Å². The number of ether oxygens (including phenoxy) is 1. The average Bonchev–Trinajstić information content (AvgIpc) is 2.42. The molecule has 0 atom stereocenters. The van der Waals surface area contributed by atoms with E-state index in [-0.39, 0.29) is 31.6 Å². The summed E-state index contributed by atoms with van der Waals surface area (Å²) in [5.41, 5.74) is 0. The van der Waals surface area contributed by atoms with E-state index in [4.69, 9.17) is 11.2 Å². The Labute approximate surface area is 76.2 Å². The summed E-state index contributed by atoms with van der Waals surface area (Å²) < 4.78 is 4.93. The number of hydrogen-bond donors (Lipinski definition) is 0. The van der Waals surface area contributed by atoms with E-state index in [0.29, 0.717) is 0 Å². The molecule has 13 heavy (non-hydrogen) atoms. The summed E-state index contributed by atoms with van der Waals surface area (Å²) in [5.74, 6) is 1.70. The van der Waals surface area contributed by atoms with Gasteiger partial charge in [0.05, 0.1) is 13.2 Å². The monoisotopic (exact) mass is 179 g/mol. The van der Waals surface area contributed by atoms with Crippen LogP contribution in [-0.2, 0) is 14.3 Å². The predicted molar refractivity (Wildman–Crippen MR) is 45.5 cm³/mol. The molecule has 0 saturated heterocycles. The van der Waals surface area contributed by atoms with Crippen LogP contribution in [0.3, 0.4) is 0 Å². The minimum atomic E-state index is -0.297. The van der Waals surface area contributed by atoms with Crippen LogP contribution in [0.15, 0.2) is 12.2 Å². The van der Waals surface area contributed by atoms with E-state index in [0.717, 1.165) is 4.90 Å². The van der Waals surface area contributed by atoms with Crippen LogP contribution in [-0.4, -0.2) is 36.5 Å². The van der Waals surface area contributed by atoms with Gasteiger partial charge in [-0.2, -0.15) is 0 Å². The van der Waals surface area contributed by atoms with Crippen LogP contribution in [0.25, 0.3) is 0 Å². The smallest absolute Gasteiger partial charge is 0.253 e. The fraction of sp³-hybridized carbons (Fsp3) is 0.333. The highest BCUT2D eigenvalue weighted by atomic mass is 16.5. The number of rotatable bonds is 4. The maximum atomic E-state index is 11.0. The zero-order chi connectivity index (χ0) is 9.68. The van der Waals surface area contributed by atoms with E-state index >= 15 is 0 Å². The van der Waals surface area contributed by atoms with Gasteiger partial charge in [0, 0.05) is 12.2 Å².